The Morgan fingerprint density at radius 2 is 1.74 bits per heavy atom. The smallest absolute Gasteiger partial charge is 0.163 e. The Bertz CT molecular complexity index is 473. The van der Waals surface area contributed by atoms with E-state index < -0.39 is 0 Å². The summed E-state index contributed by atoms with van der Waals surface area (Å²) in [4.78, 5) is 11.8. The zero-order valence-electron chi connectivity index (χ0n) is 12.6. The lowest BCUT2D eigenvalue weighted by atomic mass is 9.85. The third kappa shape index (κ3) is 3.23. The van der Waals surface area contributed by atoms with Crippen LogP contribution in [0.4, 0.5) is 4.39 Å². The maximum absolute atomic E-state index is 14.7. The molecule has 0 fully saturated rings. The number of halogens is 1. The molecule has 0 spiro atoms. The molecule has 0 amide bonds. The number of carbonyl (C=O) groups is 1. The predicted octanol–water partition coefficient (Wildman–Crippen LogP) is 5.04. The van der Waals surface area contributed by atoms with Gasteiger partial charge in [0.05, 0.1) is 5.56 Å². The minimum atomic E-state index is -0.328. The summed E-state index contributed by atoms with van der Waals surface area (Å²) in [6.07, 6.45) is 1.22. The highest BCUT2D eigenvalue weighted by Gasteiger charge is 2.22. The van der Waals surface area contributed by atoms with E-state index in [0.29, 0.717) is 18.4 Å². The molecule has 0 atom stereocenters. The second-order valence-electron chi connectivity index (χ2n) is 5.69. The van der Waals surface area contributed by atoms with Crippen molar-refractivity contribution in [1.29, 1.82) is 0 Å². The first-order chi connectivity index (χ1) is 8.81. The molecule has 1 radical (unpaired) electrons. The number of carbonyl (C=O) groups excluding carboxylic acids is 1. The van der Waals surface area contributed by atoms with Crippen molar-refractivity contribution >= 4 is 5.78 Å². The van der Waals surface area contributed by atoms with Crippen LogP contribution in [0, 0.1) is 12.7 Å². The van der Waals surface area contributed by atoms with Gasteiger partial charge in [0.25, 0.3) is 0 Å². The minimum Gasteiger partial charge on any atom is -0.294 e. The van der Waals surface area contributed by atoms with Crippen molar-refractivity contribution in [3.63, 3.8) is 0 Å². The molecule has 0 bridgehead atoms. The molecule has 0 saturated carbocycles. The van der Waals surface area contributed by atoms with E-state index in [1.807, 2.05) is 19.9 Å². The van der Waals surface area contributed by atoms with E-state index in [1.165, 1.54) is 6.92 Å². The molecule has 1 aromatic carbocycles. The summed E-state index contributed by atoms with van der Waals surface area (Å²) in [6, 6.07) is 2.01. The highest BCUT2D eigenvalue weighted by molar-refractivity contribution is 5.96. The Morgan fingerprint density at radius 3 is 2.11 bits per heavy atom. The minimum absolute atomic E-state index is 0.139. The van der Waals surface area contributed by atoms with Gasteiger partial charge in [-0.25, -0.2) is 4.39 Å². The largest absolute Gasteiger partial charge is 0.294 e. The van der Waals surface area contributed by atoms with Crippen LogP contribution in [0.2, 0.25) is 0 Å². The van der Waals surface area contributed by atoms with Gasteiger partial charge in [-0.1, -0.05) is 40.7 Å². The molecule has 1 aromatic rings. The Kier molecular flexibility index (Phi) is 5.28. The van der Waals surface area contributed by atoms with E-state index in [2.05, 4.69) is 20.8 Å². The molecule has 1 nitrogen and oxygen atoms in total. The van der Waals surface area contributed by atoms with Gasteiger partial charge in [-0.15, -0.1) is 0 Å². The number of ketones is 1. The molecule has 0 aliphatic rings. The highest BCUT2D eigenvalue weighted by Crippen LogP contribution is 2.32. The molecular weight excluding hydrogens is 239 g/mol. The number of benzene rings is 1. The molecule has 0 unspecified atom stereocenters. The highest BCUT2D eigenvalue weighted by atomic mass is 19.1. The molecule has 0 aliphatic carbocycles. The summed E-state index contributed by atoms with van der Waals surface area (Å²) in [5.74, 6) is -0.137. The molecule has 0 saturated heterocycles. The average molecular weight is 263 g/mol. The summed E-state index contributed by atoms with van der Waals surface area (Å²) in [5.41, 5.74) is 2.76. The van der Waals surface area contributed by atoms with Crippen LogP contribution < -0.4 is 0 Å². The van der Waals surface area contributed by atoms with Crippen LogP contribution in [-0.2, 0) is 6.42 Å². The normalized spacial score (nSPS) is 11.4. The molecule has 0 heterocycles. The summed E-state index contributed by atoms with van der Waals surface area (Å²) in [6.45, 7) is 13.3. The first-order valence-corrected chi connectivity index (χ1v) is 6.96. The lowest BCUT2D eigenvalue weighted by molar-refractivity contribution is 0.101. The van der Waals surface area contributed by atoms with Crippen molar-refractivity contribution in [2.75, 3.05) is 0 Å². The first kappa shape index (κ1) is 15.9. The quantitative estimate of drug-likeness (QED) is 0.680. The fraction of sp³-hybridized carbons (Fsp3) is 0.529. The van der Waals surface area contributed by atoms with E-state index in [-0.39, 0.29) is 29.0 Å². The molecular formula is C17H24FO. The van der Waals surface area contributed by atoms with Crippen molar-refractivity contribution in [2.45, 2.75) is 59.3 Å². The summed E-state index contributed by atoms with van der Waals surface area (Å²) < 4.78 is 14.7. The zero-order chi connectivity index (χ0) is 14.7. The van der Waals surface area contributed by atoms with Gasteiger partial charge in [-0.05, 0) is 48.3 Å². The number of hydrogen-bond donors (Lipinski definition) is 0. The fourth-order valence-corrected chi connectivity index (χ4v) is 2.49. The van der Waals surface area contributed by atoms with Crippen LogP contribution in [0.1, 0.15) is 79.9 Å². The van der Waals surface area contributed by atoms with Gasteiger partial charge >= 0.3 is 0 Å². The van der Waals surface area contributed by atoms with Crippen LogP contribution in [0.15, 0.2) is 6.07 Å². The van der Waals surface area contributed by atoms with E-state index in [0.717, 1.165) is 11.1 Å². The molecule has 0 aliphatic heterocycles. The van der Waals surface area contributed by atoms with Crippen molar-refractivity contribution in [3.05, 3.63) is 41.1 Å². The maximum atomic E-state index is 14.7. The summed E-state index contributed by atoms with van der Waals surface area (Å²) >= 11 is 0. The molecule has 1 rings (SSSR count). The molecule has 19 heavy (non-hydrogen) atoms. The van der Waals surface area contributed by atoms with Crippen molar-refractivity contribution in [2.24, 2.45) is 0 Å². The van der Waals surface area contributed by atoms with Gasteiger partial charge in [0, 0.05) is 0 Å². The Labute approximate surface area is 116 Å². The van der Waals surface area contributed by atoms with Gasteiger partial charge < -0.3 is 0 Å². The number of Topliss-reactive ketones (excluding diaryl/α,β-unsaturated/α-hetero) is 1. The number of rotatable bonds is 5. The van der Waals surface area contributed by atoms with E-state index in [1.54, 1.807) is 0 Å². The SMILES string of the molecule is [CH2]CCc1c(C(C)C)cc(C(C)C)c(C(C)=O)c1F. The Balaban J connectivity index is 3.64. The van der Waals surface area contributed by atoms with Gasteiger partial charge in [0.1, 0.15) is 5.82 Å². The van der Waals surface area contributed by atoms with E-state index in [9.17, 15) is 9.18 Å². The van der Waals surface area contributed by atoms with E-state index in [4.69, 9.17) is 0 Å². The third-order valence-electron chi connectivity index (χ3n) is 3.46. The monoisotopic (exact) mass is 263 g/mol. The Hall–Kier alpha value is -1.18. The maximum Gasteiger partial charge on any atom is 0.163 e. The van der Waals surface area contributed by atoms with Crippen molar-refractivity contribution in [1.82, 2.24) is 0 Å². The number of hydrogen-bond acceptors (Lipinski definition) is 1. The van der Waals surface area contributed by atoms with Crippen LogP contribution in [-0.4, -0.2) is 5.78 Å². The van der Waals surface area contributed by atoms with Crippen LogP contribution >= 0.6 is 0 Å². The topological polar surface area (TPSA) is 17.1 Å². The standard InChI is InChI=1S/C17H24FO/c1-7-8-13-14(10(2)3)9-15(11(4)5)16(12(6)19)17(13)18/h9-11H,1,7-8H2,2-6H3. The molecule has 0 N–H and O–H groups in total. The van der Waals surface area contributed by atoms with Crippen LogP contribution in [0.3, 0.4) is 0 Å². The lowest BCUT2D eigenvalue weighted by Crippen LogP contribution is -2.12. The second kappa shape index (κ2) is 6.31. The molecule has 105 valence electrons. The van der Waals surface area contributed by atoms with Crippen molar-refractivity contribution in [3.8, 4) is 0 Å². The lowest BCUT2D eigenvalue weighted by Gasteiger charge is -2.20. The van der Waals surface area contributed by atoms with E-state index >= 15 is 0 Å². The zero-order valence-corrected chi connectivity index (χ0v) is 12.6. The second-order valence-corrected chi connectivity index (χ2v) is 5.69. The average Bonchev–Trinajstić information content (AvgIpc) is 2.29. The Morgan fingerprint density at radius 1 is 1.21 bits per heavy atom. The third-order valence-corrected chi connectivity index (χ3v) is 3.46. The van der Waals surface area contributed by atoms with Crippen LogP contribution in [0.25, 0.3) is 0 Å². The van der Waals surface area contributed by atoms with Gasteiger partial charge in [0.15, 0.2) is 5.78 Å². The van der Waals surface area contributed by atoms with Crippen LogP contribution in [0.5, 0.6) is 0 Å². The van der Waals surface area contributed by atoms with Crippen molar-refractivity contribution < 1.29 is 9.18 Å². The summed E-state index contributed by atoms with van der Waals surface area (Å²) in [5, 5.41) is 0. The summed E-state index contributed by atoms with van der Waals surface area (Å²) in [7, 11) is 0. The predicted molar refractivity (Wildman–Crippen MR) is 78.3 cm³/mol. The first-order valence-electron chi connectivity index (χ1n) is 6.96. The van der Waals surface area contributed by atoms with Gasteiger partial charge in [-0.3, -0.25) is 4.79 Å². The molecule has 2 heteroatoms. The molecule has 0 aromatic heterocycles. The van der Waals surface area contributed by atoms with Gasteiger partial charge in [-0.2, -0.15) is 0 Å². The fourth-order valence-electron chi connectivity index (χ4n) is 2.49. The van der Waals surface area contributed by atoms with Gasteiger partial charge in [0.2, 0.25) is 0 Å².